The van der Waals surface area contributed by atoms with Crippen molar-refractivity contribution in [3.63, 3.8) is 0 Å². The van der Waals surface area contributed by atoms with Crippen LogP contribution in [0, 0.1) is 0 Å². The highest BCUT2D eigenvalue weighted by Gasteiger charge is 2.05. The van der Waals surface area contributed by atoms with Crippen LogP contribution in [0.3, 0.4) is 0 Å². The van der Waals surface area contributed by atoms with Gasteiger partial charge in [-0.25, -0.2) is 0 Å². The number of pyridine rings is 1. The number of carboxylic acid groups (broad SMARTS) is 1. The number of hydrogen-bond acceptors (Lipinski definition) is 3. The minimum absolute atomic E-state index is 0.141. The molecule has 0 aliphatic heterocycles. The number of nitrogens with one attached hydrogen (secondary N) is 1. The number of rotatable bonds is 7. The van der Waals surface area contributed by atoms with Gasteiger partial charge in [0.15, 0.2) is 0 Å². The number of amides is 1. The van der Waals surface area contributed by atoms with Crippen LogP contribution in [0.4, 0.5) is 0 Å². The summed E-state index contributed by atoms with van der Waals surface area (Å²) in [7, 11) is 0. The van der Waals surface area contributed by atoms with Gasteiger partial charge in [-0.2, -0.15) is 0 Å². The molecule has 1 rings (SSSR count). The van der Waals surface area contributed by atoms with E-state index in [1.165, 1.54) is 0 Å². The van der Waals surface area contributed by atoms with E-state index in [0.717, 1.165) is 12.1 Å². The maximum absolute atomic E-state index is 11.7. The third-order valence-corrected chi connectivity index (χ3v) is 2.55. The molecule has 0 spiro atoms. The highest BCUT2D eigenvalue weighted by Crippen LogP contribution is 2.01. The quantitative estimate of drug-likeness (QED) is 0.721. The van der Waals surface area contributed by atoms with Gasteiger partial charge in [0, 0.05) is 24.9 Å². The molecule has 0 radical (unpaired) electrons. The van der Waals surface area contributed by atoms with Crippen LogP contribution in [0.1, 0.15) is 42.2 Å². The van der Waals surface area contributed by atoms with Crippen LogP contribution in [0.15, 0.2) is 18.3 Å². The van der Waals surface area contributed by atoms with E-state index in [2.05, 4.69) is 10.3 Å². The highest BCUT2D eigenvalue weighted by molar-refractivity contribution is 5.93. The van der Waals surface area contributed by atoms with Crippen molar-refractivity contribution in [1.29, 1.82) is 0 Å². The molecule has 18 heavy (non-hydrogen) atoms. The standard InChI is InChI=1S/C13H18N2O3/c1-2-11-7-6-10(9-15-11)13(18)14-8-4-3-5-12(16)17/h6-7,9H,2-5,8H2,1H3,(H,14,18)(H,16,17). The van der Waals surface area contributed by atoms with E-state index in [1.54, 1.807) is 12.3 Å². The SMILES string of the molecule is CCc1ccc(C(=O)NCCCCC(=O)O)cn1. The predicted octanol–water partition coefficient (Wildman–Crippen LogP) is 1.63. The number of aryl methyl sites for hydroxylation is 1. The Bertz CT molecular complexity index is 401. The zero-order chi connectivity index (χ0) is 13.4. The van der Waals surface area contributed by atoms with Crippen molar-refractivity contribution in [2.75, 3.05) is 6.54 Å². The molecule has 98 valence electrons. The maximum atomic E-state index is 11.7. The number of unbranched alkanes of at least 4 members (excludes halogenated alkanes) is 1. The number of carbonyl (C=O) groups is 2. The van der Waals surface area contributed by atoms with Crippen molar-refractivity contribution >= 4 is 11.9 Å². The van der Waals surface area contributed by atoms with E-state index >= 15 is 0 Å². The molecule has 1 aromatic rings. The molecule has 0 unspecified atom stereocenters. The van der Waals surface area contributed by atoms with E-state index in [0.29, 0.717) is 24.9 Å². The maximum Gasteiger partial charge on any atom is 0.303 e. The van der Waals surface area contributed by atoms with Crippen molar-refractivity contribution in [3.8, 4) is 0 Å². The molecule has 0 saturated carbocycles. The van der Waals surface area contributed by atoms with Gasteiger partial charge in [-0.05, 0) is 31.4 Å². The third-order valence-electron chi connectivity index (χ3n) is 2.55. The van der Waals surface area contributed by atoms with Crippen LogP contribution in [0.2, 0.25) is 0 Å². The summed E-state index contributed by atoms with van der Waals surface area (Å²) in [5.41, 5.74) is 1.48. The Morgan fingerprint density at radius 3 is 2.67 bits per heavy atom. The lowest BCUT2D eigenvalue weighted by molar-refractivity contribution is -0.137. The van der Waals surface area contributed by atoms with Crippen molar-refractivity contribution in [2.45, 2.75) is 32.6 Å². The number of carboxylic acids is 1. The van der Waals surface area contributed by atoms with Crippen LogP contribution >= 0.6 is 0 Å². The lowest BCUT2D eigenvalue weighted by Crippen LogP contribution is -2.24. The van der Waals surface area contributed by atoms with Crippen LogP contribution < -0.4 is 5.32 Å². The fourth-order valence-electron chi connectivity index (χ4n) is 1.47. The van der Waals surface area contributed by atoms with Crippen LogP contribution in [0.5, 0.6) is 0 Å². The van der Waals surface area contributed by atoms with Crippen molar-refractivity contribution < 1.29 is 14.7 Å². The van der Waals surface area contributed by atoms with Crippen molar-refractivity contribution in [3.05, 3.63) is 29.6 Å². The number of hydrogen-bond donors (Lipinski definition) is 2. The molecule has 5 heteroatoms. The molecule has 1 aromatic heterocycles. The minimum Gasteiger partial charge on any atom is -0.481 e. The van der Waals surface area contributed by atoms with Crippen LogP contribution in [-0.4, -0.2) is 28.5 Å². The zero-order valence-electron chi connectivity index (χ0n) is 10.5. The van der Waals surface area contributed by atoms with Gasteiger partial charge >= 0.3 is 5.97 Å². The molecule has 1 amide bonds. The first-order chi connectivity index (χ1) is 8.63. The Morgan fingerprint density at radius 2 is 2.11 bits per heavy atom. The van der Waals surface area contributed by atoms with Gasteiger partial charge in [0.25, 0.3) is 5.91 Å². The summed E-state index contributed by atoms with van der Waals surface area (Å²) in [5, 5.41) is 11.2. The Morgan fingerprint density at radius 1 is 1.33 bits per heavy atom. The van der Waals surface area contributed by atoms with Crippen LogP contribution in [-0.2, 0) is 11.2 Å². The average Bonchev–Trinajstić information content (AvgIpc) is 2.38. The molecular weight excluding hydrogens is 232 g/mol. The summed E-state index contributed by atoms with van der Waals surface area (Å²) in [5.74, 6) is -0.971. The van der Waals surface area contributed by atoms with E-state index in [1.807, 2.05) is 13.0 Å². The first-order valence-electron chi connectivity index (χ1n) is 6.08. The zero-order valence-corrected chi connectivity index (χ0v) is 10.5. The lowest BCUT2D eigenvalue weighted by Gasteiger charge is -2.04. The highest BCUT2D eigenvalue weighted by atomic mass is 16.4. The third kappa shape index (κ3) is 4.95. The number of aromatic nitrogens is 1. The Kier molecular flexibility index (Phi) is 5.84. The Labute approximate surface area is 106 Å². The van der Waals surface area contributed by atoms with E-state index < -0.39 is 5.97 Å². The summed E-state index contributed by atoms with van der Waals surface area (Å²) >= 11 is 0. The van der Waals surface area contributed by atoms with Gasteiger partial charge < -0.3 is 10.4 Å². The Hall–Kier alpha value is -1.91. The smallest absolute Gasteiger partial charge is 0.303 e. The van der Waals surface area contributed by atoms with Crippen LogP contribution in [0.25, 0.3) is 0 Å². The number of nitrogens with zero attached hydrogens (tertiary/aromatic N) is 1. The van der Waals surface area contributed by atoms with Gasteiger partial charge in [-0.3, -0.25) is 14.6 Å². The molecule has 0 atom stereocenters. The van der Waals surface area contributed by atoms with E-state index in [-0.39, 0.29) is 12.3 Å². The molecule has 0 bridgehead atoms. The van der Waals surface area contributed by atoms with Crippen molar-refractivity contribution in [1.82, 2.24) is 10.3 Å². The fraction of sp³-hybridized carbons (Fsp3) is 0.462. The predicted molar refractivity (Wildman–Crippen MR) is 67.4 cm³/mol. The number of carbonyl (C=O) groups excluding carboxylic acids is 1. The lowest BCUT2D eigenvalue weighted by atomic mass is 10.2. The molecule has 0 aromatic carbocycles. The van der Waals surface area contributed by atoms with E-state index in [4.69, 9.17) is 5.11 Å². The van der Waals surface area contributed by atoms with Gasteiger partial charge in [0.05, 0.1) is 5.56 Å². The largest absolute Gasteiger partial charge is 0.481 e. The summed E-state index contributed by atoms with van der Waals surface area (Å²) in [6, 6.07) is 3.58. The second-order valence-electron chi connectivity index (χ2n) is 4.00. The molecule has 2 N–H and O–H groups in total. The molecule has 0 aliphatic carbocycles. The van der Waals surface area contributed by atoms with Crippen molar-refractivity contribution in [2.24, 2.45) is 0 Å². The Balaban J connectivity index is 2.29. The molecule has 0 fully saturated rings. The second-order valence-corrected chi connectivity index (χ2v) is 4.00. The molecule has 1 heterocycles. The average molecular weight is 250 g/mol. The fourth-order valence-corrected chi connectivity index (χ4v) is 1.47. The minimum atomic E-state index is -0.805. The molecule has 5 nitrogen and oxygen atoms in total. The monoisotopic (exact) mass is 250 g/mol. The first kappa shape index (κ1) is 14.2. The van der Waals surface area contributed by atoms with Gasteiger partial charge in [0.2, 0.25) is 0 Å². The topological polar surface area (TPSA) is 79.3 Å². The van der Waals surface area contributed by atoms with Gasteiger partial charge in [-0.1, -0.05) is 6.92 Å². The molecule has 0 saturated heterocycles. The van der Waals surface area contributed by atoms with E-state index in [9.17, 15) is 9.59 Å². The number of aliphatic carboxylic acids is 1. The molecular formula is C13H18N2O3. The molecule has 0 aliphatic rings. The van der Waals surface area contributed by atoms with Gasteiger partial charge in [0.1, 0.15) is 0 Å². The van der Waals surface area contributed by atoms with Gasteiger partial charge in [-0.15, -0.1) is 0 Å². The normalized spacial score (nSPS) is 10.1. The second kappa shape index (κ2) is 7.42. The first-order valence-corrected chi connectivity index (χ1v) is 6.08. The summed E-state index contributed by atoms with van der Waals surface area (Å²) in [6.45, 7) is 2.49. The summed E-state index contributed by atoms with van der Waals surface area (Å²) < 4.78 is 0. The summed E-state index contributed by atoms with van der Waals surface area (Å²) in [6.07, 6.45) is 3.78. The summed E-state index contributed by atoms with van der Waals surface area (Å²) in [4.78, 5) is 26.1.